The van der Waals surface area contributed by atoms with Crippen molar-refractivity contribution in [2.75, 3.05) is 13.1 Å². The van der Waals surface area contributed by atoms with Gasteiger partial charge in [-0.15, -0.1) is 0 Å². The van der Waals surface area contributed by atoms with Crippen molar-refractivity contribution in [1.29, 1.82) is 0 Å². The summed E-state index contributed by atoms with van der Waals surface area (Å²) in [6.45, 7) is 3.70. The molecule has 138 valence electrons. The molecule has 5 heteroatoms. The summed E-state index contributed by atoms with van der Waals surface area (Å²) >= 11 is 0. The highest BCUT2D eigenvalue weighted by atomic mass is 16.2. The van der Waals surface area contributed by atoms with Crippen LogP contribution < -0.4 is 5.73 Å². The van der Waals surface area contributed by atoms with E-state index in [0.29, 0.717) is 0 Å². The standard InChI is InChI=1S/C21H28N4O/c1-21(10-9-17(22)12-21)20(26)25-11-5-8-16(14-25)19-23-13-18(24-19)15-6-3-2-4-7-15/h2-4,6-7,13,16-17H,5,8-12,14,22H2,1H3,(H,23,24)/t16?,17-,21-/m0/s1. The Hall–Kier alpha value is -2.14. The van der Waals surface area contributed by atoms with Gasteiger partial charge in [-0.25, -0.2) is 4.98 Å². The van der Waals surface area contributed by atoms with Gasteiger partial charge in [0.25, 0.3) is 0 Å². The predicted octanol–water partition coefficient (Wildman–Crippen LogP) is 3.30. The van der Waals surface area contributed by atoms with Gasteiger partial charge in [-0.2, -0.15) is 0 Å². The van der Waals surface area contributed by atoms with Gasteiger partial charge in [0.05, 0.1) is 11.9 Å². The Morgan fingerprint density at radius 1 is 1.31 bits per heavy atom. The van der Waals surface area contributed by atoms with E-state index in [4.69, 9.17) is 5.73 Å². The number of H-pyrrole nitrogens is 1. The number of rotatable bonds is 3. The van der Waals surface area contributed by atoms with E-state index in [1.165, 1.54) is 0 Å². The summed E-state index contributed by atoms with van der Waals surface area (Å²) in [5.74, 6) is 1.56. The zero-order chi connectivity index (χ0) is 18.1. The van der Waals surface area contributed by atoms with Crippen LogP contribution in [0, 0.1) is 5.41 Å². The minimum atomic E-state index is -0.278. The fourth-order valence-electron chi connectivity index (χ4n) is 4.56. The number of carbonyl (C=O) groups is 1. The molecule has 2 fully saturated rings. The van der Waals surface area contributed by atoms with Crippen molar-refractivity contribution in [3.05, 3.63) is 42.4 Å². The molecule has 1 aromatic heterocycles. The van der Waals surface area contributed by atoms with E-state index < -0.39 is 0 Å². The summed E-state index contributed by atoms with van der Waals surface area (Å²) in [6.07, 6.45) is 6.68. The summed E-state index contributed by atoms with van der Waals surface area (Å²) in [4.78, 5) is 23.3. The van der Waals surface area contributed by atoms with Crippen molar-refractivity contribution in [3.63, 3.8) is 0 Å². The number of hydrogen-bond acceptors (Lipinski definition) is 3. The van der Waals surface area contributed by atoms with E-state index in [1.54, 1.807) is 0 Å². The van der Waals surface area contributed by atoms with Crippen molar-refractivity contribution in [1.82, 2.24) is 14.9 Å². The molecule has 0 radical (unpaired) electrons. The van der Waals surface area contributed by atoms with Crippen LogP contribution in [0.4, 0.5) is 0 Å². The number of amides is 1. The molecule has 2 aromatic rings. The van der Waals surface area contributed by atoms with Gasteiger partial charge in [0.1, 0.15) is 5.82 Å². The Morgan fingerprint density at radius 2 is 2.12 bits per heavy atom. The number of nitrogens with zero attached hydrogens (tertiary/aromatic N) is 2. The molecule has 1 aromatic carbocycles. The molecule has 5 nitrogen and oxygen atoms in total. The third kappa shape index (κ3) is 3.28. The number of piperidine rings is 1. The van der Waals surface area contributed by atoms with E-state index >= 15 is 0 Å². The lowest BCUT2D eigenvalue weighted by Gasteiger charge is -2.37. The van der Waals surface area contributed by atoms with Crippen molar-refractivity contribution in [3.8, 4) is 11.3 Å². The predicted molar refractivity (Wildman–Crippen MR) is 103 cm³/mol. The number of aromatic nitrogens is 2. The lowest BCUT2D eigenvalue weighted by Crippen LogP contribution is -2.46. The van der Waals surface area contributed by atoms with Crippen LogP contribution in [0.2, 0.25) is 0 Å². The van der Waals surface area contributed by atoms with Crippen LogP contribution in [0.5, 0.6) is 0 Å². The molecular weight excluding hydrogens is 324 g/mol. The van der Waals surface area contributed by atoms with Crippen LogP contribution in [-0.2, 0) is 4.79 Å². The zero-order valence-electron chi connectivity index (χ0n) is 15.4. The smallest absolute Gasteiger partial charge is 0.228 e. The van der Waals surface area contributed by atoms with Gasteiger partial charge < -0.3 is 15.6 Å². The molecule has 2 heterocycles. The van der Waals surface area contributed by atoms with Gasteiger partial charge in [-0.3, -0.25) is 4.79 Å². The van der Waals surface area contributed by atoms with E-state index in [2.05, 4.69) is 33.9 Å². The monoisotopic (exact) mass is 352 g/mol. The topological polar surface area (TPSA) is 75.0 Å². The number of carbonyl (C=O) groups excluding carboxylic acids is 1. The first kappa shape index (κ1) is 17.3. The summed E-state index contributed by atoms with van der Waals surface area (Å²) in [5.41, 5.74) is 7.97. The molecule has 4 rings (SSSR count). The second kappa shape index (κ2) is 6.88. The van der Waals surface area contributed by atoms with E-state index in [-0.39, 0.29) is 23.3 Å². The van der Waals surface area contributed by atoms with Crippen LogP contribution in [-0.4, -0.2) is 39.9 Å². The fourth-order valence-corrected chi connectivity index (χ4v) is 4.56. The highest BCUT2D eigenvalue weighted by Crippen LogP contribution is 2.40. The molecule has 1 aliphatic carbocycles. The SMILES string of the molecule is C[C@]1(C(=O)N2CCCC(c3ncc(-c4ccccc4)[nH]3)C2)CC[C@H](N)C1. The first-order valence-corrected chi connectivity index (χ1v) is 9.70. The third-order valence-corrected chi connectivity index (χ3v) is 6.07. The second-order valence-corrected chi connectivity index (χ2v) is 8.20. The molecule has 2 aliphatic rings. The number of benzene rings is 1. The lowest BCUT2D eigenvalue weighted by atomic mass is 9.85. The second-order valence-electron chi connectivity index (χ2n) is 8.20. The highest BCUT2D eigenvalue weighted by Gasteiger charge is 2.43. The molecule has 3 atom stereocenters. The molecule has 1 saturated heterocycles. The number of likely N-dealkylation sites (tertiary alicyclic amines) is 1. The molecule has 0 spiro atoms. The van der Waals surface area contributed by atoms with Crippen LogP contribution in [0.1, 0.15) is 50.8 Å². The largest absolute Gasteiger partial charge is 0.342 e. The molecule has 0 bridgehead atoms. The molecule has 1 saturated carbocycles. The maximum Gasteiger partial charge on any atom is 0.228 e. The normalized spacial score (nSPS) is 29.1. The van der Waals surface area contributed by atoms with Gasteiger partial charge >= 0.3 is 0 Å². The Kier molecular flexibility index (Phi) is 4.57. The lowest BCUT2D eigenvalue weighted by molar-refractivity contribution is -0.142. The maximum absolute atomic E-state index is 13.1. The van der Waals surface area contributed by atoms with Gasteiger partial charge in [0.2, 0.25) is 5.91 Å². The number of aromatic amines is 1. The minimum Gasteiger partial charge on any atom is -0.342 e. The molecule has 1 amide bonds. The molecular formula is C21H28N4O. The van der Waals surface area contributed by atoms with Crippen LogP contribution in [0.25, 0.3) is 11.3 Å². The van der Waals surface area contributed by atoms with Gasteiger partial charge in [-0.05, 0) is 37.7 Å². The number of hydrogen-bond donors (Lipinski definition) is 2. The van der Waals surface area contributed by atoms with Crippen molar-refractivity contribution >= 4 is 5.91 Å². The number of nitrogens with one attached hydrogen (secondary N) is 1. The van der Waals surface area contributed by atoms with E-state index in [9.17, 15) is 4.79 Å². The Labute approximate surface area is 155 Å². The van der Waals surface area contributed by atoms with Gasteiger partial charge in [0.15, 0.2) is 0 Å². The number of imidazole rings is 1. The van der Waals surface area contributed by atoms with E-state index in [0.717, 1.165) is 62.3 Å². The van der Waals surface area contributed by atoms with E-state index in [1.807, 2.05) is 24.4 Å². The van der Waals surface area contributed by atoms with Crippen LogP contribution >= 0.6 is 0 Å². The summed E-state index contributed by atoms with van der Waals surface area (Å²) < 4.78 is 0. The Morgan fingerprint density at radius 3 is 2.85 bits per heavy atom. The molecule has 3 N–H and O–H groups in total. The van der Waals surface area contributed by atoms with Crippen LogP contribution in [0.3, 0.4) is 0 Å². The van der Waals surface area contributed by atoms with Crippen molar-refractivity contribution in [2.24, 2.45) is 11.1 Å². The first-order chi connectivity index (χ1) is 12.5. The molecule has 26 heavy (non-hydrogen) atoms. The van der Waals surface area contributed by atoms with Crippen molar-refractivity contribution < 1.29 is 4.79 Å². The highest BCUT2D eigenvalue weighted by molar-refractivity contribution is 5.83. The average molecular weight is 352 g/mol. The molecule has 1 aliphatic heterocycles. The summed E-state index contributed by atoms with van der Waals surface area (Å²) in [7, 11) is 0. The Bertz CT molecular complexity index is 771. The maximum atomic E-state index is 13.1. The summed E-state index contributed by atoms with van der Waals surface area (Å²) in [5, 5.41) is 0. The fraction of sp³-hybridized carbons (Fsp3) is 0.524. The van der Waals surface area contributed by atoms with Crippen LogP contribution in [0.15, 0.2) is 36.5 Å². The minimum absolute atomic E-state index is 0.169. The van der Waals surface area contributed by atoms with Gasteiger partial charge in [0, 0.05) is 30.5 Å². The average Bonchev–Trinajstić information content (AvgIpc) is 3.30. The third-order valence-electron chi connectivity index (χ3n) is 6.07. The first-order valence-electron chi connectivity index (χ1n) is 9.70. The van der Waals surface area contributed by atoms with Gasteiger partial charge in [-0.1, -0.05) is 37.3 Å². The quantitative estimate of drug-likeness (QED) is 0.890. The van der Waals surface area contributed by atoms with Crippen molar-refractivity contribution in [2.45, 2.75) is 51.0 Å². The zero-order valence-corrected chi connectivity index (χ0v) is 15.4. The molecule has 1 unspecified atom stereocenters. The Balaban J connectivity index is 1.47. The summed E-state index contributed by atoms with van der Waals surface area (Å²) in [6, 6.07) is 10.4. The number of nitrogens with two attached hydrogens (primary N) is 1.